The van der Waals surface area contributed by atoms with Crippen molar-refractivity contribution in [2.24, 2.45) is 0 Å². The van der Waals surface area contributed by atoms with Crippen LogP contribution in [-0.2, 0) is 4.79 Å². The predicted octanol–water partition coefficient (Wildman–Crippen LogP) is 2.92. The zero-order valence-electron chi connectivity index (χ0n) is 12.6. The molecule has 4 heteroatoms. The molecule has 0 atom stereocenters. The van der Waals surface area contributed by atoms with Crippen molar-refractivity contribution < 1.29 is 9.53 Å². The normalized spacial score (nSPS) is 9.95. The molecule has 0 aliphatic rings. The van der Waals surface area contributed by atoms with Crippen molar-refractivity contribution in [2.75, 3.05) is 31.6 Å². The van der Waals surface area contributed by atoms with Crippen LogP contribution >= 0.6 is 0 Å². The first-order chi connectivity index (χ1) is 9.56. The molecule has 0 unspecified atom stereocenters. The molecular formula is C16H24N2O2. The van der Waals surface area contributed by atoms with Gasteiger partial charge in [-0.05, 0) is 50.6 Å². The number of ether oxygens (including phenoxy) is 1. The lowest BCUT2D eigenvalue weighted by atomic mass is 10.3. The molecular weight excluding hydrogens is 252 g/mol. The van der Waals surface area contributed by atoms with E-state index in [1.54, 1.807) is 4.90 Å². The summed E-state index contributed by atoms with van der Waals surface area (Å²) in [5.74, 6) is 0.909. The van der Waals surface area contributed by atoms with Crippen molar-refractivity contribution in [3.05, 3.63) is 36.4 Å². The molecule has 1 N–H and O–H groups in total. The van der Waals surface area contributed by atoms with Gasteiger partial charge in [0.15, 0.2) is 0 Å². The Morgan fingerprint density at radius 3 is 2.35 bits per heavy atom. The fraction of sp³-hybridized carbons (Fsp3) is 0.438. The Balaban J connectivity index is 2.45. The van der Waals surface area contributed by atoms with Crippen LogP contribution in [0.2, 0.25) is 0 Å². The van der Waals surface area contributed by atoms with Crippen molar-refractivity contribution in [1.29, 1.82) is 0 Å². The number of likely N-dealkylation sites (N-methyl/N-ethyl adjacent to an activating group) is 1. The van der Waals surface area contributed by atoms with E-state index >= 15 is 0 Å². The second-order valence-electron chi connectivity index (χ2n) is 4.69. The number of benzene rings is 1. The lowest BCUT2D eigenvalue weighted by Gasteiger charge is -2.19. The number of hydrogen-bond donors (Lipinski definition) is 1. The molecule has 1 aromatic carbocycles. The van der Waals surface area contributed by atoms with Gasteiger partial charge in [-0.15, -0.1) is 0 Å². The largest absolute Gasteiger partial charge is 0.489 e. The first-order valence-corrected chi connectivity index (χ1v) is 6.95. The van der Waals surface area contributed by atoms with Crippen LogP contribution in [0.4, 0.5) is 5.69 Å². The van der Waals surface area contributed by atoms with E-state index < -0.39 is 0 Å². The second-order valence-corrected chi connectivity index (χ2v) is 4.69. The zero-order valence-corrected chi connectivity index (χ0v) is 12.6. The SMILES string of the molecule is C=C(C)COc1ccc(NCC(=O)N(CC)CC)cc1. The van der Waals surface area contributed by atoms with Crippen molar-refractivity contribution in [2.45, 2.75) is 20.8 Å². The van der Waals surface area contributed by atoms with Crippen molar-refractivity contribution in [3.63, 3.8) is 0 Å². The maximum absolute atomic E-state index is 11.9. The van der Waals surface area contributed by atoms with Crippen molar-refractivity contribution >= 4 is 11.6 Å². The number of carbonyl (C=O) groups excluding carboxylic acids is 1. The van der Waals surface area contributed by atoms with Gasteiger partial charge in [0.2, 0.25) is 5.91 Å². The van der Waals surface area contributed by atoms with Crippen LogP contribution in [0.15, 0.2) is 36.4 Å². The topological polar surface area (TPSA) is 41.6 Å². The fourth-order valence-corrected chi connectivity index (χ4v) is 1.74. The Hall–Kier alpha value is -1.97. The summed E-state index contributed by atoms with van der Waals surface area (Å²) in [5, 5.41) is 3.12. The summed E-state index contributed by atoms with van der Waals surface area (Å²) in [6.07, 6.45) is 0. The molecule has 0 aliphatic heterocycles. The minimum Gasteiger partial charge on any atom is -0.489 e. The van der Waals surface area contributed by atoms with Crippen LogP contribution in [0.1, 0.15) is 20.8 Å². The maximum Gasteiger partial charge on any atom is 0.241 e. The van der Waals surface area contributed by atoms with E-state index in [0.29, 0.717) is 13.2 Å². The van der Waals surface area contributed by atoms with Crippen LogP contribution in [-0.4, -0.2) is 37.0 Å². The van der Waals surface area contributed by atoms with E-state index in [2.05, 4.69) is 11.9 Å². The van der Waals surface area contributed by atoms with Gasteiger partial charge in [-0.1, -0.05) is 6.58 Å². The van der Waals surface area contributed by atoms with Crippen LogP contribution in [0.5, 0.6) is 5.75 Å². The minimum atomic E-state index is 0.109. The van der Waals surface area contributed by atoms with E-state index in [1.165, 1.54) is 0 Å². The third-order valence-corrected chi connectivity index (χ3v) is 2.90. The van der Waals surface area contributed by atoms with Gasteiger partial charge in [-0.2, -0.15) is 0 Å². The number of nitrogens with one attached hydrogen (secondary N) is 1. The van der Waals surface area contributed by atoms with Crippen LogP contribution < -0.4 is 10.1 Å². The molecule has 1 amide bonds. The van der Waals surface area contributed by atoms with Crippen molar-refractivity contribution in [1.82, 2.24) is 4.90 Å². The summed E-state index contributed by atoms with van der Waals surface area (Å²) in [5.41, 5.74) is 1.89. The summed E-state index contributed by atoms with van der Waals surface area (Å²) in [7, 11) is 0. The molecule has 20 heavy (non-hydrogen) atoms. The van der Waals surface area contributed by atoms with Gasteiger partial charge in [-0.3, -0.25) is 4.79 Å². The second kappa shape index (κ2) is 8.25. The van der Waals surface area contributed by atoms with E-state index in [-0.39, 0.29) is 5.91 Å². The predicted molar refractivity (Wildman–Crippen MR) is 83.2 cm³/mol. The number of amides is 1. The van der Waals surface area contributed by atoms with E-state index in [9.17, 15) is 4.79 Å². The third kappa shape index (κ3) is 5.34. The third-order valence-electron chi connectivity index (χ3n) is 2.90. The molecule has 0 spiro atoms. The van der Waals surface area contributed by atoms with Crippen LogP contribution in [0, 0.1) is 0 Å². The quantitative estimate of drug-likeness (QED) is 0.742. The first-order valence-electron chi connectivity index (χ1n) is 6.95. The molecule has 0 saturated carbocycles. The monoisotopic (exact) mass is 276 g/mol. The van der Waals surface area contributed by atoms with Crippen LogP contribution in [0.3, 0.4) is 0 Å². The van der Waals surface area contributed by atoms with Gasteiger partial charge < -0.3 is 15.0 Å². The highest BCUT2D eigenvalue weighted by Gasteiger charge is 2.08. The highest BCUT2D eigenvalue weighted by atomic mass is 16.5. The smallest absolute Gasteiger partial charge is 0.241 e. The number of carbonyl (C=O) groups is 1. The Bertz CT molecular complexity index is 436. The lowest BCUT2D eigenvalue weighted by molar-refractivity contribution is -0.128. The number of hydrogen-bond acceptors (Lipinski definition) is 3. The Kier molecular flexibility index (Phi) is 6.64. The molecule has 110 valence electrons. The molecule has 0 radical (unpaired) electrons. The molecule has 0 aromatic heterocycles. The molecule has 1 aromatic rings. The summed E-state index contributed by atoms with van der Waals surface area (Å²) in [6, 6.07) is 7.58. The average molecular weight is 276 g/mol. The molecule has 0 fully saturated rings. The Morgan fingerprint density at radius 2 is 1.85 bits per heavy atom. The summed E-state index contributed by atoms with van der Waals surface area (Å²) in [4.78, 5) is 13.7. The number of rotatable bonds is 8. The summed E-state index contributed by atoms with van der Waals surface area (Å²) in [6.45, 7) is 12.0. The molecule has 4 nitrogen and oxygen atoms in total. The molecule has 0 saturated heterocycles. The summed E-state index contributed by atoms with van der Waals surface area (Å²) >= 11 is 0. The van der Waals surface area contributed by atoms with Gasteiger partial charge in [0, 0.05) is 18.8 Å². The van der Waals surface area contributed by atoms with E-state index in [0.717, 1.165) is 30.1 Å². The van der Waals surface area contributed by atoms with E-state index in [1.807, 2.05) is 45.0 Å². The fourth-order valence-electron chi connectivity index (χ4n) is 1.74. The molecule has 1 rings (SSSR count). The van der Waals surface area contributed by atoms with Gasteiger partial charge in [0.25, 0.3) is 0 Å². The highest BCUT2D eigenvalue weighted by Crippen LogP contribution is 2.16. The molecule has 0 bridgehead atoms. The first kappa shape index (κ1) is 16.1. The van der Waals surface area contributed by atoms with Crippen LogP contribution in [0.25, 0.3) is 0 Å². The van der Waals surface area contributed by atoms with Gasteiger partial charge in [0.05, 0.1) is 6.54 Å². The summed E-state index contributed by atoms with van der Waals surface area (Å²) < 4.78 is 5.52. The van der Waals surface area contributed by atoms with Gasteiger partial charge in [0.1, 0.15) is 12.4 Å². The molecule has 0 heterocycles. The van der Waals surface area contributed by atoms with Gasteiger partial charge >= 0.3 is 0 Å². The highest BCUT2D eigenvalue weighted by molar-refractivity contribution is 5.80. The minimum absolute atomic E-state index is 0.109. The van der Waals surface area contributed by atoms with Gasteiger partial charge in [-0.25, -0.2) is 0 Å². The maximum atomic E-state index is 11.9. The van der Waals surface area contributed by atoms with Crippen molar-refractivity contribution in [3.8, 4) is 5.75 Å². The average Bonchev–Trinajstić information content (AvgIpc) is 2.45. The molecule has 0 aliphatic carbocycles. The standard InChI is InChI=1S/C16H24N2O2/c1-5-18(6-2)16(19)11-17-14-7-9-15(10-8-14)20-12-13(3)4/h7-10,17H,3,5-6,11-12H2,1-2,4H3. The Labute approximate surface area is 121 Å². The lowest BCUT2D eigenvalue weighted by Crippen LogP contribution is -2.35. The zero-order chi connectivity index (χ0) is 15.0. The number of anilines is 1. The Morgan fingerprint density at radius 1 is 1.25 bits per heavy atom. The number of nitrogens with zero attached hydrogens (tertiary/aromatic N) is 1. The van der Waals surface area contributed by atoms with E-state index in [4.69, 9.17) is 4.74 Å².